The Balaban J connectivity index is -0.000000455. The molecule has 11 rings (SSSR count). The zero-order valence-electron chi connectivity index (χ0n) is 71.3. The van der Waals surface area contributed by atoms with Crippen LogP contribution in [0.2, 0.25) is 0 Å². The van der Waals surface area contributed by atoms with Crippen molar-refractivity contribution in [2.75, 3.05) is 71.5 Å². The predicted octanol–water partition coefficient (Wildman–Crippen LogP) is 14.0. The number of fused-ring (bicyclic) bond motifs is 1. The largest absolute Gasteiger partial charge is 0.484 e. The molecule has 46 nitrogen and oxygen atoms in total. The number of para-hydroxylation sites is 4. The van der Waals surface area contributed by atoms with Crippen molar-refractivity contribution in [3.8, 4) is 5.69 Å². The molecule has 0 fully saturated rings. The number of nitrogens with zero attached hydrogens (tertiary/aromatic N) is 18. The van der Waals surface area contributed by atoms with Crippen LogP contribution < -0.4 is 27.2 Å². The van der Waals surface area contributed by atoms with Gasteiger partial charge in [-0.3, -0.25) is 52.2 Å². The molecule has 4 aromatic carbocycles. The first-order valence-electron chi connectivity index (χ1n) is 36.3. The van der Waals surface area contributed by atoms with Crippen LogP contribution in [0.5, 0.6) is 0 Å². The number of anilines is 4. The van der Waals surface area contributed by atoms with E-state index in [1.54, 1.807) is 115 Å². The number of aromatic carboxylic acids is 1. The van der Waals surface area contributed by atoms with E-state index >= 15 is 0 Å². The lowest BCUT2D eigenvalue weighted by Gasteiger charge is -2.26. The maximum atomic E-state index is 12.6. The molecule has 0 atom stereocenters. The molecule has 7 heterocycles. The number of aliphatic imine (C=N–C) groups is 1. The van der Waals surface area contributed by atoms with Crippen molar-refractivity contribution in [2.24, 2.45) is 47.3 Å². The molecule has 3 amide bonds. The van der Waals surface area contributed by atoms with E-state index in [9.17, 15) is 59.1 Å². The number of halogens is 1. The van der Waals surface area contributed by atoms with Gasteiger partial charge in [-0.1, -0.05) is 160 Å². The topological polar surface area (TPSA) is 590 Å². The number of aliphatic carboxylic acids is 2. The lowest BCUT2D eigenvalue weighted by atomic mass is 10.2. The van der Waals surface area contributed by atoms with Crippen LogP contribution in [0.1, 0.15) is 163 Å². The van der Waals surface area contributed by atoms with Crippen LogP contribution in [0.4, 0.5) is 46.2 Å². The Bertz CT molecular complexity index is 5230. The van der Waals surface area contributed by atoms with Gasteiger partial charge in [0.05, 0.1) is 50.0 Å². The SMILES string of the molecule is C.C.C.C.C.C.CC(=O)O.CC(=O)O.CCC(=Nc1c(C(=O)Nc2ccccc2)cnn1C)OC.CCC(OC)(OC)OC.CCC(OC)(OC)OC.CCc1nc2c(cnn2C)c(=O)n1-c1ccccc1.Cn1ncc(C(=O)Cl)c1[N+](=O)[O-].Cn1ncc(C(=O)Nc2ccccc2)c1N.Cn1ncc(C(=O)Nc2ccccc2)c1[N+](=O)[O-].Cn1ncc(C(=O)O)c1[N+](=O)[O-]. The van der Waals surface area contributed by atoms with Crippen LogP contribution in [-0.2, 0) is 91.5 Å². The third-order valence-corrected chi connectivity index (χ3v) is 16.3. The summed E-state index contributed by atoms with van der Waals surface area (Å²) >= 11 is 5.07. The molecule has 0 aliphatic heterocycles. The molecule has 11 aromatic rings. The molecule has 0 saturated heterocycles. The second-order valence-electron chi connectivity index (χ2n) is 24.2. The van der Waals surface area contributed by atoms with E-state index in [0.717, 1.165) is 63.2 Å². The number of hydrogen-bond acceptors (Lipinski definition) is 30. The first-order valence-corrected chi connectivity index (χ1v) is 36.7. The van der Waals surface area contributed by atoms with Gasteiger partial charge >= 0.3 is 23.4 Å². The number of hydrogen-bond donors (Lipinski definition) is 7. The number of amides is 3. The summed E-state index contributed by atoms with van der Waals surface area (Å²) in [5, 5.41) is 85.4. The zero-order valence-corrected chi connectivity index (χ0v) is 72.0. The van der Waals surface area contributed by atoms with E-state index in [4.69, 9.17) is 75.4 Å². The average molecular weight is 1850 g/mol. The summed E-state index contributed by atoms with van der Waals surface area (Å²) in [5.74, 6) is -4.86. The molecule has 7 aromatic heterocycles. The van der Waals surface area contributed by atoms with Crippen LogP contribution in [0.3, 0.4) is 0 Å². The molecule has 0 saturated carbocycles. The molecule has 0 radical (unpaired) electrons. The fourth-order valence-electron chi connectivity index (χ4n) is 9.86. The van der Waals surface area contributed by atoms with Crippen molar-refractivity contribution in [3.05, 3.63) is 233 Å². The lowest BCUT2D eigenvalue weighted by Crippen LogP contribution is -2.34. The van der Waals surface area contributed by atoms with E-state index in [1.807, 2.05) is 125 Å². The summed E-state index contributed by atoms with van der Waals surface area (Å²) in [6.45, 7) is 9.94. The van der Waals surface area contributed by atoms with Crippen molar-refractivity contribution < 1.29 is 96.8 Å². The van der Waals surface area contributed by atoms with E-state index in [1.165, 1.54) is 44.4 Å². The molecule has 0 unspecified atom stereocenters. The zero-order chi connectivity index (χ0) is 93.7. The van der Waals surface area contributed by atoms with Gasteiger partial charge in [0.2, 0.25) is 0 Å². The van der Waals surface area contributed by atoms with Crippen LogP contribution in [-0.4, -0.2) is 207 Å². The number of aryl methyl sites for hydroxylation is 7. The van der Waals surface area contributed by atoms with Gasteiger partial charge in [-0.15, -0.1) is 14.0 Å². The van der Waals surface area contributed by atoms with Crippen LogP contribution in [0.15, 0.2) is 168 Å². The van der Waals surface area contributed by atoms with Gasteiger partial charge in [-0.2, -0.15) is 20.3 Å². The van der Waals surface area contributed by atoms with Crippen molar-refractivity contribution >= 4 is 116 Å². The lowest BCUT2D eigenvalue weighted by molar-refractivity contribution is -0.392. The average Bonchev–Trinajstić information content (AvgIpc) is 1.59. The maximum Gasteiger partial charge on any atom is 0.359 e. The Morgan fingerprint density at radius 2 is 0.769 bits per heavy atom. The number of ether oxygens (including phenoxy) is 7. The van der Waals surface area contributed by atoms with Crippen LogP contribution in [0.25, 0.3) is 16.7 Å². The molecule has 0 bridgehead atoms. The number of carboxylic acid groups (broad SMARTS) is 3. The summed E-state index contributed by atoms with van der Waals surface area (Å²) in [5.41, 5.74) is 9.26. The highest BCUT2D eigenvalue weighted by Gasteiger charge is 2.29. The molecule has 130 heavy (non-hydrogen) atoms. The van der Waals surface area contributed by atoms with Gasteiger partial charge in [-0.05, 0) is 74.9 Å². The third-order valence-electron chi connectivity index (χ3n) is 16.1. The number of carbonyl (C=O) groups is 7. The summed E-state index contributed by atoms with van der Waals surface area (Å²) < 4.78 is 44.0. The minimum atomic E-state index is -1.35. The number of benzene rings is 4. The summed E-state index contributed by atoms with van der Waals surface area (Å²) in [7, 11) is 20.2. The van der Waals surface area contributed by atoms with Crippen molar-refractivity contribution in [2.45, 2.75) is 124 Å². The Morgan fingerprint density at radius 1 is 0.462 bits per heavy atom. The summed E-state index contributed by atoms with van der Waals surface area (Å²) in [6, 6.07) is 36.7. The number of carbonyl (C=O) groups excluding carboxylic acids is 4. The Kier molecular flexibility index (Phi) is 59.5. The molecule has 8 N–H and O–H groups in total. The van der Waals surface area contributed by atoms with Crippen molar-refractivity contribution in [1.29, 1.82) is 0 Å². The summed E-state index contributed by atoms with van der Waals surface area (Å²) in [6.07, 6.45) is 10.4. The number of aromatic nitrogens is 14. The number of nitrogen functional groups attached to an aromatic ring is 1. The van der Waals surface area contributed by atoms with E-state index in [2.05, 4.69) is 56.5 Å². The molecular weight excluding hydrogens is 1720 g/mol. The second kappa shape index (κ2) is 62.4. The molecule has 47 heteroatoms. The molecule has 716 valence electrons. The molecule has 0 spiro atoms. The van der Waals surface area contributed by atoms with Crippen molar-refractivity contribution in [1.82, 2.24) is 68.2 Å². The van der Waals surface area contributed by atoms with Gasteiger partial charge in [-0.25, -0.2) is 9.78 Å². The van der Waals surface area contributed by atoms with E-state index in [0.29, 0.717) is 71.1 Å². The van der Waals surface area contributed by atoms with Crippen molar-refractivity contribution in [3.63, 3.8) is 0 Å². The third kappa shape index (κ3) is 38.2. The molecular formula is C83H123ClN22O24. The first-order chi connectivity index (χ1) is 58.7. The Hall–Kier alpha value is -14.7. The molecule has 0 aliphatic rings. The minimum Gasteiger partial charge on any atom is -0.484 e. The predicted molar refractivity (Wildman–Crippen MR) is 494 cm³/mol. The normalized spacial score (nSPS) is 9.92. The fourth-order valence-corrected chi connectivity index (χ4v) is 9.99. The fraction of sp³-hybridized carbons (Fsp3) is 0.373. The van der Waals surface area contributed by atoms with Crippen LogP contribution in [0, 0.1) is 30.3 Å². The maximum absolute atomic E-state index is 12.6. The number of methoxy groups -OCH3 is 7. The Morgan fingerprint density at radius 3 is 1.07 bits per heavy atom. The smallest absolute Gasteiger partial charge is 0.359 e. The van der Waals surface area contributed by atoms with E-state index in [-0.39, 0.29) is 78.9 Å². The number of carboxylic acids is 3. The van der Waals surface area contributed by atoms with Gasteiger partial charge in [0.25, 0.3) is 52.4 Å². The highest BCUT2D eigenvalue weighted by molar-refractivity contribution is 6.68. The quantitative estimate of drug-likeness (QED) is 0.00781. The number of nitro groups is 3. The van der Waals surface area contributed by atoms with Gasteiger partial charge < -0.3 is 101 Å². The highest BCUT2D eigenvalue weighted by atomic mass is 35.5. The second-order valence-corrected chi connectivity index (χ2v) is 24.5. The minimum absolute atomic E-state index is 0. The van der Waals surface area contributed by atoms with Gasteiger partial charge in [0.15, 0.2) is 34.1 Å². The first kappa shape index (κ1) is 124. The molecule has 0 aliphatic carbocycles. The number of nitrogens with two attached hydrogens (primary N) is 1. The Labute approximate surface area is 758 Å². The van der Waals surface area contributed by atoms with E-state index < -0.39 is 73.0 Å². The number of nitrogens with one attached hydrogen (secondary N) is 3. The highest BCUT2D eigenvalue weighted by Crippen LogP contribution is 2.24. The van der Waals surface area contributed by atoms with Crippen LogP contribution >= 0.6 is 11.6 Å². The van der Waals surface area contributed by atoms with Gasteiger partial charge in [0, 0.05) is 120 Å². The summed E-state index contributed by atoms with van der Waals surface area (Å²) in [4.78, 5) is 126. The number of rotatable bonds is 23. The standard InChI is InChI=1S/C15H18N4O2.C14H14N4O.C11H10N4O3.C11H12N4O.2C6H14O3.C5H4ClN3O3.C5H5N3O4.2C2H4O2.6CH4/c1-4-13(21-3)18-14-12(10-16-19(14)2)15(20)17-11-8-6-5-7-9-11;1-3-12-16-13-11(9-15-17(13)2)14(19)18(12)10-7-5-4-6-8-10;1-14-11(15(17)18)9(7-12-14)10(16)13-8-5-3-2-4-6-8;1-15-10(12)9(7-13-15)11(16)14-8-5-3-2-4-6-8;2*1-5-6(7-2,8-3)9-4;1-8-5(9(11)12)3(2-7-8)4(6)10;1-7-4(8(11)12)3(2-6-7)5(9)10;2*1-2(3)4;;;;;;/h5-10H,4H2,1-3H3,(H,17,20);4-9H,3H2,1-2H3;2-7H,1H3,(H,13,16);2-7H,12H2,1H3,(H,14,16);2*5H2,1-4H3;2H,1H3;2H,1H3,(H,9,10);2*1H3,(H,3,4);6*1H4. The van der Waals surface area contributed by atoms with Gasteiger partial charge in [0.1, 0.15) is 49.3 Å². The monoisotopic (exact) mass is 1850 g/mol.